The molecule has 1 atom stereocenters. The first-order chi connectivity index (χ1) is 14.3. The summed E-state index contributed by atoms with van der Waals surface area (Å²) >= 11 is 1.47. The van der Waals surface area contributed by atoms with E-state index < -0.39 is 15.8 Å². The highest BCUT2D eigenvalue weighted by Crippen LogP contribution is 2.25. The molecule has 1 unspecified atom stereocenters. The maximum absolute atomic E-state index is 13.3. The van der Waals surface area contributed by atoms with Crippen LogP contribution in [0.25, 0.3) is 0 Å². The molecule has 0 radical (unpaired) electrons. The quantitative estimate of drug-likeness (QED) is 0.491. The molecule has 0 fully saturated rings. The van der Waals surface area contributed by atoms with Crippen LogP contribution < -0.4 is 0 Å². The molecule has 156 valence electrons. The molecule has 0 N–H and O–H groups in total. The molecule has 0 bridgehead atoms. The molecule has 0 aliphatic rings. The van der Waals surface area contributed by atoms with E-state index in [9.17, 15) is 17.6 Å². The number of carbonyl (C=O) groups excluding carboxylic acids is 1. The molecule has 0 aliphatic heterocycles. The third kappa shape index (κ3) is 5.73. The minimum Gasteiger partial charge on any atom is -0.299 e. The van der Waals surface area contributed by atoms with Gasteiger partial charge in [-0.3, -0.25) is 9.78 Å². The molecule has 5 nitrogen and oxygen atoms in total. The van der Waals surface area contributed by atoms with Crippen LogP contribution in [0.3, 0.4) is 0 Å². The van der Waals surface area contributed by atoms with Crippen molar-refractivity contribution in [3.8, 4) is 0 Å². The van der Waals surface area contributed by atoms with Crippen molar-refractivity contribution in [2.24, 2.45) is 0 Å². The van der Waals surface area contributed by atoms with E-state index in [0.29, 0.717) is 17.7 Å². The second kappa shape index (κ2) is 9.49. The number of carbonyl (C=O) groups is 1. The van der Waals surface area contributed by atoms with Gasteiger partial charge in [-0.25, -0.2) is 17.8 Å². The van der Waals surface area contributed by atoms with E-state index >= 15 is 0 Å². The van der Waals surface area contributed by atoms with Crippen LogP contribution in [0.4, 0.5) is 4.39 Å². The lowest BCUT2D eigenvalue weighted by molar-refractivity contribution is -0.119. The maximum Gasteiger partial charge on any atom is 0.175 e. The van der Waals surface area contributed by atoms with E-state index in [1.54, 1.807) is 36.7 Å². The van der Waals surface area contributed by atoms with Gasteiger partial charge in [0, 0.05) is 12.2 Å². The fourth-order valence-electron chi connectivity index (χ4n) is 3.06. The van der Waals surface area contributed by atoms with Crippen LogP contribution in [0.15, 0.2) is 70.8 Å². The average molecular weight is 445 g/mol. The Morgan fingerprint density at radius 1 is 1.03 bits per heavy atom. The summed E-state index contributed by atoms with van der Waals surface area (Å²) < 4.78 is 36.8. The third-order valence-corrected chi connectivity index (χ3v) is 6.46. The second-order valence-electron chi connectivity index (χ2n) is 6.92. The van der Waals surface area contributed by atoms with Gasteiger partial charge in [-0.1, -0.05) is 24.3 Å². The summed E-state index contributed by atoms with van der Waals surface area (Å²) in [5.74, 6) is -0.938. The van der Waals surface area contributed by atoms with E-state index in [0.717, 1.165) is 16.8 Å². The first kappa shape index (κ1) is 22.1. The normalized spacial score (nSPS) is 12.5. The molecule has 1 heterocycles. The van der Waals surface area contributed by atoms with Gasteiger partial charge in [0.1, 0.15) is 16.6 Å². The molecule has 8 heteroatoms. The van der Waals surface area contributed by atoms with Gasteiger partial charge in [-0.05, 0) is 48.1 Å². The SMILES string of the molecule is CSc1cnc(CC(=O)C(Cc2ccc(F)cc2)c2ccc(S(C)(=O)=O)cc2)cn1. The number of aromatic nitrogens is 2. The van der Waals surface area contributed by atoms with Gasteiger partial charge in [0.2, 0.25) is 0 Å². The summed E-state index contributed by atoms with van der Waals surface area (Å²) in [6.45, 7) is 0. The zero-order valence-electron chi connectivity index (χ0n) is 16.6. The number of hydrogen-bond donors (Lipinski definition) is 0. The number of halogens is 1. The smallest absolute Gasteiger partial charge is 0.175 e. The Morgan fingerprint density at radius 3 is 2.23 bits per heavy atom. The van der Waals surface area contributed by atoms with Crippen molar-refractivity contribution in [3.05, 3.63) is 83.6 Å². The summed E-state index contributed by atoms with van der Waals surface area (Å²) in [4.78, 5) is 21.9. The molecule has 0 amide bonds. The standard InChI is InChI=1S/C22H21FN2O3S2/c1-29-22-14-24-18(13-25-22)12-21(26)20(11-15-3-7-17(23)8-4-15)16-5-9-19(10-6-16)30(2,27)28/h3-10,13-14,20H,11-12H2,1-2H3. The van der Waals surface area contributed by atoms with Crippen molar-refractivity contribution < 1.29 is 17.6 Å². The molecule has 3 rings (SSSR count). The van der Waals surface area contributed by atoms with E-state index in [2.05, 4.69) is 9.97 Å². The molecular weight excluding hydrogens is 423 g/mol. The summed E-state index contributed by atoms with van der Waals surface area (Å²) in [5.41, 5.74) is 2.07. The third-order valence-electron chi connectivity index (χ3n) is 4.70. The topological polar surface area (TPSA) is 77.0 Å². The number of ketones is 1. The van der Waals surface area contributed by atoms with E-state index in [1.807, 2.05) is 6.26 Å². The van der Waals surface area contributed by atoms with Crippen LogP contribution in [0.5, 0.6) is 0 Å². The van der Waals surface area contributed by atoms with E-state index in [1.165, 1.54) is 36.0 Å². The van der Waals surface area contributed by atoms with Crippen molar-refractivity contribution in [2.45, 2.75) is 28.7 Å². The number of benzene rings is 2. The van der Waals surface area contributed by atoms with Crippen molar-refractivity contribution >= 4 is 27.4 Å². The molecule has 1 aromatic heterocycles. The lowest BCUT2D eigenvalue weighted by Crippen LogP contribution is -2.18. The minimum absolute atomic E-state index is 0.0716. The number of Topliss-reactive ketones (excluding diaryl/α,β-unsaturated/α-hetero) is 1. The molecule has 3 aromatic rings. The van der Waals surface area contributed by atoms with Gasteiger partial charge >= 0.3 is 0 Å². The zero-order valence-corrected chi connectivity index (χ0v) is 18.2. The van der Waals surface area contributed by atoms with E-state index in [4.69, 9.17) is 0 Å². The number of nitrogens with zero attached hydrogens (tertiary/aromatic N) is 2. The number of hydrogen-bond acceptors (Lipinski definition) is 6. The fourth-order valence-corrected chi connectivity index (χ4v) is 4.01. The number of thioether (sulfide) groups is 1. The maximum atomic E-state index is 13.3. The van der Waals surface area contributed by atoms with Gasteiger partial charge in [0.15, 0.2) is 9.84 Å². The largest absolute Gasteiger partial charge is 0.299 e. The van der Waals surface area contributed by atoms with Crippen molar-refractivity contribution in [1.29, 1.82) is 0 Å². The van der Waals surface area contributed by atoms with Crippen molar-refractivity contribution in [2.75, 3.05) is 12.5 Å². The predicted molar refractivity (Wildman–Crippen MR) is 115 cm³/mol. The summed E-state index contributed by atoms with van der Waals surface area (Å²) in [7, 11) is -3.33. The zero-order chi connectivity index (χ0) is 21.7. The molecular formula is C22H21FN2O3S2. The highest BCUT2D eigenvalue weighted by atomic mass is 32.2. The van der Waals surface area contributed by atoms with E-state index in [-0.39, 0.29) is 22.9 Å². The Kier molecular flexibility index (Phi) is 6.99. The first-order valence-corrected chi connectivity index (χ1v) is 12.3. The van der Waals surface area contributed by atoms with Crippen molar-refractivity contribution in [3.63, 3.8) is 0 Å². The van der Waals surface area contributed by atoms with Crippen LogP contribution >= 0.6 is 11.8 Å². The van der Waals surface area contributed by atoms with Crippen LogP contribution in [-0.2, 0) is 27.5 Å². The highest BCUT2D eigenvalue weighted by molar-refractivity contribution is 7.98. The molecule has 2 aromatic carbocycles. The summed E-state index contributed by atoms with van der Waals surface area (Å²) in [6.07, 6.45) is 6.72. The van der Waals surface area contributed by atoms with Gasteiger partial charge in [0.25, 0.3) is 0 Å². The number of rotatable bonds is 8. The lowest BCUT2D eigenvalue weighted by atomic mass is 9.87. The summed E-state index contributed by atoms with van der Waals surface area (Å²) in [5, 5.41) is 0.769. The van der Waals surface area contributed by atoms with Crippen LogP contribution in [0.2, 0.25) is 0 Å². The van der Waals surface area contributed by atoms with Gasteiger partial charge in [-0.2, -0.15) is 0 Å². The lowest BCUT2D eigenvalue weighted by Gasteiger charge is -2.17. The first-order valence-electron chi connectivity index (χ1n) is 9.18. The summed E-state index contributed by atoms with van der Waals surface area (Å²) in [6, 6.07) is 12.3. The Labute approximate surface area is 179 Å². The van der Waals surface area contributed by atoms with Gasteiger partial charge < -0.3 is 0 Å². The monoisotopic (exact) mass is 444 g/mol. The number of sulfone groups is 1. The van der Waals surface area contributed by atoms with Crippen molar-refractivity contribution in [1.82, 2.24) is 9.97 Å². The highest BCUT2D eigenvalue weighted by Gasteiger charge is 2.23. The molecule has 0 spiro atoms. The molecule has 30 heavy (non-hydrogen) atoms. The molecule has 0 saturated heterocycles. The Hall–Kier alpha value is -2.58. The van der Waals surface area contributed by atoms with Crippen LogP contribution in [0, 0.1) is 5.82 Å². The molecule has 0 saturated carbocycles. The Balaban J connectivity index is 1.89. The van der Waals surface area contributed by atoms with Crippen LogP contribution in [0.1, 0.15) is 22.7 Å². The van der Waals surface area contributed by atoms with Crippen LogP contribution in [-0.4, -0.2) is 36.7 Å². The minimum atomic E-state index is -3.33. The molecule has 0 aliphatic carbocycles. The Morgan fingerprint density at radius 2 is 1.70 bits per heavy atom. The van der Waals surface area contributed by atoms with Gasteiger partial charge in [0.05, 0.1) is 29.4 Å². The average Bonchev–Trinajstić information content (AvgIpc) is 2.73. The Bertz CT molecular complexity index is 1110. The fraction of sp³-hybridized carbons (Fsp3) is 0.227. The van der Waals surface area contributed by atoms with Gasteiger partial charge in [-0.15, -0.1) is 11.8 Å². The predicted octanol–water partition coefficient (Wildman–Crippen LogP) is 3.88. The second-order valence-corrected chi connectivity index (χ2v) is 9.76.